The molecule has 0 unspecified atom stereocenters. The SMILES string of the molecule is CCCCCCN1CCCN(c2ccccc2C#N)CC1. The second-order valence-electron chi connectivity index (χ2n) is 5.87. The monoisotopic (exact) mass is 285 g/mol. The van der Waals surface area contributed by atoms with Gasteiger partial charge in [0.2, 0.25) is 0 Å². The maximum Gasteiger partial charge on any atom is 0.101 e. The lowest BCUT2D eigenvalue weighted by molar-refractivity contribution is 0.286. The van der Waals surface area contributed by atoms with Crippen molar-refractivity contribution in [2.24, 2.45) is 0 Å². The number of para-hydroxylation sites is 1. The Hall–Kier alpha value is -1.53. The summed E-state index contributed by atoms with van der Waals surface area (Å²) < 4.78 is 0. The molecule has 3 heteroatoms. The molecule has 1 heterocycles. The molecule has 0 radical (unpaired) electrons. The van der Waals surface area contributed by atoms with E-state index in [1.54, 1.807) is 0 Å². The van der Waals surface area contributed by atoms with Gasteiger partial charge in [0.25, 0.3) is 0 Å². The van der Waals surface area contributed by atoms with E-state index in [-0.39, 0.29) is 0 Å². The van der Waals surface area contributed by atoms with E-state index in [4.69, 9.17) is 0 Å². The predicted octanol–water partition coefficient (Wildman–Crippen LogP) is 3.65. The first-order valence-corrected chi connectivity index (χ1v) is 8.31. The van der Waals surface area contributed by atoms with Gasteiger partial charge in [0.15, 0.2) is 0 Å². The van der Waals surface area contributed by atoms with Crippen molar-refractivity contribution in [3.63, 3.8) is 0 Å². The highest BCUT2D eigenvalue weighted by Crippen LogP contribution is 2.21. The van der Waals surface area contributed by atoms with E-state index in [0.717, 1.165) is 30.9 Å². The zero-order valence-corrected chi connectivity index (χ0v) is 13.2. The smallest absolute Gasteiger partial charge is 0.101 e. The van der Waals surface area contributed by atoms with Crippen LogP contribution in [0.3, 0.4) is 0 Å². The Morgan fingerprint density at radius 2 is 1.90 bits per heavy atom. The van der Waals surface area contributed by atoms with Gasteiger partial charge in [-0.2, -0.15) is 5.26 Å². The van der Waals surface area contributed by atoms with E-state index in [1.165, 1.54) is 45.2 Å². The molecule has 0 N–H and O–H groups in total. The van der Waals surface area contributed by atoms with Crippen LogP contribution in [0.1, 0.15) is 44.6 Å². The molecule has 1 saturated heterocycles. The highest BCUT2D eigenvalue weighted by Gasteiger charge is 2.16. The van der Waals surface area contributed by atoms with Crippen molar-refractivity contribution in [3.8, 4) is 6.07 Å². The summed E-state index contributed by atoms with van der Waals surface area (Å²) >= 11 is 0. The van der Waals surface area contributed by atoms with Crippen LogP contribution in [0.5, 0.6) is 0 Å². The molecule has 3 nitrogen and oxygen atoms in total. The lowest BCUT2D eigenvalue weighted by atomic mass is 10.1. The van der Waals surface area contributed by atoms with E-state index < -0.39 is 0 Å². The summed E-state index contributed by atoms with van der Waals surface area (Å²) in [7, 11) is 0. The maximum atomic E-state index is 9.25. The van der Waals surface area contributed by atoms with Gasteiger partial charge >= 0.3 is 0 Å². The predicted molar refractivity (Wildman–Crippen MR) is 88.6 cm³/mol. The van der Waals surface area contributed by atoms with Gasteiger partial charge in [-0.1, -0.05) is 38.3 Å². The molecule has 0 atom stereocenters. The normalized spacial score (nSPS) is 16.5. The Balaban J connectivity index is 1.87. The molecule has 1 fully saturated rings. The van der Waals surface area contributed by atoms with Gasteiger partial charge in [-0.25, -0.2) is 0 Å². The third-order valence-electron chi connectivity index (χ3n) is 4.28. The number of benzene rings is 1. The molecule has 1 aromatic carbocycles. The van der Waals surface area contributed by atoms with Crippen LogP contribution in [0.25, 0.3) is 0 Å². The summed E-state index contributed by atoms with van der Waals surface area (Å²) in [5.74, 6) is 0. The van der Waals surface area contributed by atoms with Gasteiger partial charge < -0.3 is 9.80 Å². The lowest BCUT2D eigenvalue weighted by Crippen LogP contribution is -2.31. The highest BCUT2D eigenvalue weighted by molar-refractivity contribution is 5.59. The van der Waals surface area contributed by atoms with Gasteiger partial charge in [-0.15, -0.1) is 0 Å². The number of hydrogen-bond acceptors (Lipinski definition) is 3. The minimum absolute atomic E-state index is 0.800. The van der Waals surface area contributed by atoms with Crippen molar-refractivity contribution in [2.75, 3.05) is 37.6 Å². The molecule has 0 saturated carbocycles. The maximum absolute atomic E-state index is 9.25. The third kappa shape index (κ3) is 4.75. The fourth-order valence-corrected chi connectivity index (χ4v) is 3.04. The molecular formula is C18H27N3. The van der Waals surface area contributed by atoms with Gasteiger partial charge in [-0.3, -0.25) is 0 Å². The molecule has 0 aromatic heterocycles. The molecule has 21 heavy (non-hydrogen) atoms. The molecular weight excluding hydrogens is 258 g/mol. The first kappa shape index (κ1) is 15.9. The van der Waals surface area contributed by atoms with E-state index in [0.29, 0.717) is 0 Å². The Bertz CT molecular complexity index is 464. The molecule has 2 rings (SSSR count). The highest BCUT2D eigenvalue weighted by atomic mass is 15.2. The standard InChI is InChI=1S/C18H27N3/c1-2-3-4-7-11-20-12-8-13-21(15-14-20)18-10-6-5-9-17(18)16-19/h5-6,9-10H,2-4,7-8,11-15H2,1H3. The first-order chi connectivity index (χ1) is 10.3. The molecule has 0 aliphatic carbocycles. The summed E-state index contributed by atoms with van der Waals surface area (Å²) in [6, 6.07) is 10.3. The number of nitriles is 1. The van der Waals surface area contributed by atoms with E-state index in [1.807, 2.05) is 18.2 Å². The van der Waals surface area contributed by atoms with Crippen molar-refractivity contribution in [1.82, 2.24) is 4.90 Å². The second kappa shape index (κ2) is 8.69. The zero-order valence-electron chi connectivity index (χ0n) is 13.2. The van der Waals surface area contributed by atoms with E-state index >= 15 is 0 Å². The number of rotatable bonds is 6. The fraction of sp³-hybridized carbons (Fsp3) is 0.611. The zero-order chi connectivity index (χ0) is 14.9. The molecule has 1 aliphatic rings. The number of anilines is 1. The summed E-state index contributed by atoms with van der Waals surface area (Å²) in [5, 5.41) is 9.25. The quantitative estimate of drug-likeness (QED) is 0.747. The lowest BCUT2D eigenvalue weighted by Gasteiger charge is -2.24. The Labute approximate surface area is 129 Å². The largest absolute Gasteiger partial charge is 0.369 e. The van der Waals surface area contributed by atoms with Gasteiger partial charge in [0.1, 0.15) is 6.07 Å². The topological polar surface area (TPSA) is 30.3 Å². The summed E-state index contributed by atoms with van der Waals surface area (Å²) in [5.41, 5.74) is 1.90. The van der Waals surface area contributed by atoms with Crippen LogP contribution in [0.4, 0.5) is 5.69 Å². The third-order valence-corrected chi connectivity index (χ3v) is 4.28. The van der Waals surface area contributed by atoms with Crippen molar-refractivity contribution < 1.29 is 0 Å². The minimum atomic E-state index is 0.800. The van der Waals surface area contributed by atoms with Crippen molar-refractivity contribution >= 4 is 5.69 Å². The molecule has 0 spiro atoms. The fourth-order valence-electron chi connectivity index (χ4n) is 3.04. The van der Waals surface area contributed by atoms with Crippen molar-refractivity contribution in [2.45, 2.75) is 39.0 Å². The van der Waals surface area contributed by atoms with Crippen molar-refractivity contribution in [3.05, 3.63) is 29.8 Å². The van der Waals surface area contributed by atoms with Crippen LogP contribution in [0.15, 0.2) is 24.3 Å². The van der Waals surface area contributed by atoms with Gasteiger partial charge in [0, 0.05) is 19.6 Å². The van der Waals surface area contributed by atoms with Crippen LogP contribution >= 0.6 is 0 Å². The molecule has 0 bridgehead atoms. The number of nitrogens with zero attached hydrogens (tertiary/aromatic N) is 3. The number of unbranched alkanes of at least 4 members (excludes halogenated alkanes) is 3. The molecule has 1 aromatic rings. The Morgan fingerprint density at radius 3 is 2.71 bits per heavy atom. The Kier molecular flexibility index (Phi) is 6.56. The number of hydrogen-bond donors (Lipinski definition) is 0. The van der Waals surface area contributed by atoms with Gasteiger partial charge in [-0.05, 0) is 38.1 Å². The molecule has 0 amide bonds. The summed E-state index contributed by atoms with van der Waals surface area (Å²) in [4.78, 5) is 4.97. The summed E-state index contributed by atoms with van der Waals surface area (Å²) in [6.07, 6.45) is 6.53. The summed E-state index contributed by atoms with van der Waals surface area (Å²) in [6.45, 7) is 7.89. The second-order valence-corrected chi connectivity index (χ2v) is 5.87. The molecule has 1 aliphatic heterocycles. The minimum Gasteiger partial charge on any atom is -0.369 e. The van der Waals surface area contributed by atoms with Crippen molar-refractivity contribution in [1.29, 1.82) is 5.26 Å². The van der Waals surface area contributed by atoms with Crippen LogP contribution in [-0.4, -0.2) is 37.6 Å². The molecule has 114 valence electrons. The average molecular weight is 285 g/mol. The van der Waals surface area contributed by atoms with E-state index in [9.17, 15) is 5.26 Å². The van der Waals surface area contributed by atoms with Crippen LogP contribution in [0, 0.1) is 11.3 Å². The average Bonchev–Trinajstić information content (AvgIpc) is 2.77. The Morgan fingerprint density at radius 1 is 1.05 bits per heavy atom. The van der Waals surface area contributed by atoms with Crippen LogP contribution in [-0.2, 0) is 0 Å². The van der Waals surface area contributed by atoms with Crippen LogP contribution in [0.2, 0.25) is 0 Å². The van der Waals surface area contributed by atoms with E-state index in [2.05, 4.69) is 28.9 Å². The van der Waals surface area contributed by atoms with Crippen LogP contribution < -0.4 is 4.90 Å². The first-order valence-electron chi connectivity index (χ1n) is 8.31. The van der Waals surface area contributed by atoms with Gasteiger partial charge in [0.05, 0.1) is 11.3 Å².